The van der Waals surface area contributed by atoms with Gasteiger partial charge < -0.3 is 23.6 Å². The van der Waals surface area contributed by atoms with Crippen LogP contribution in [0.1, 0.15) is 32.7 Å². The Morgan fingerprint density at radius 3 is 2.66 bits per heavy atom. The molecule has 0 spiro atoms. The lowest BCUT2D eigenvalue weighted by Gasteiger charge is -2.22. The Bertz CT molecular complexity index is 1380. The van der Waals surface area contributed by atoms with Gasteiger partial charge in [0.1, 0.15) is 11.4 Å². The molecule has 0 atom stereocenters. The molecule has 178 valence electrons. The molecule has 35 heavy (non-hydrogen) atoms. The van der Waals surface area contributed by atoms with Gasteiger partial charge in [-0.25, -0.2) is 0 Å². The summed E-state index contributed by atoms with van der Waals surface area (Å²) in [5, 5.41) is 4.27. The normalized spacial score (nSPS) is 12.0. The van der Waals surface area contributed by atoms with E-state index in [4.69, 9.17) is 18.7 Å². The van der Waals surface area contributed by atoms with Crippen LogP contribution >= 0.6 is 0 Å². The van der Waals surface area contributed by atoms with E-state index >= 15 is 0 Å². The standard InChI is InChI=1S/C28H26N2O5/c1-18-7-9-24(19(2)11-18)26-14-22(29-35-26)16-30(28(31)21-5-4-6-23(13-21)32-3)15-20-8-10-25-27(12-20)34-17-33-25/h4-14H,15-17H2,1-3H3. The zero-order valence-corrected chi connectivity index (χ0v) is 19.9. The van der Waals surface area contributed by atoms with Crippen molar-refractivity contribution in [2.24, 2.45) is 0 Å². The van der Waals surface area contributed by atoms with E-state index in [1.165, 1.54) is 5.56 Å². The molecule has 0 aliphatic carbocycles. The second-order valence-corrected chi connectivity index (χ2v) is 8.58. The average Bonchev–Trinajstić information content (AvgIpc) is 3.52. The van der Waals surface area contributed by atoms with Crippen LogP contribution in [0.4, 0.5) is 0 Å². The first kappa shape index (κ1) is 22.5. The van der Waals surface area contributed by atoms with E-state index in [1.807, 2.05) is 49.4 Å². The molecule has 0 bridgehead atoms. The van der Waals surface area contributed by atoms with Crippen LogP contribution in [0.2, 0.25) is 0 Å². The predicted octanol–water partition coefficient (Wildman–Crippen LogP) is 5.54. The fourth-order valence-corrected chi connectivity index (χ4v) is 4.20. The molecule has 0 unspecified atom stereocenters. The smallest absolute Gasteiger partial charge is 0.254 e. The second kappa shape index (κ2) is 9.54. The van der Waals surface area contributed by atoms with Crippen LogP contribution in [0.5, 0.6) is 17.2 Å². The molecule has 7 nitrogen and oxygen atoms in total. The van der Waals surface area contributed by atoms with Crippen molar-refractivity contribution in [3.63, 3.8) is 0 Å². The van der Waals surface area contributed by atoms with Crippen LogP contribution < -0.4 is 14.2 Å². The number of methoxy groups -OCH3 is 1. The molecular formula is C28H26N2O5. The van der Waals surface area contributed by atoms with Gasteiger partial charge in [-0.1, -0.05) is 41.1 Å². The summed E-state index contributed by atoms with van der Waals surface area (Å²) < 4.78 is 21.9. The van der Waals surface area contributed by atoms with Gasteiger partial charge in [-0.05, 0) is 55.3 Å². The number of nitrogens with zero attached hydrogens (tertiary/aromatic N) is 2. The highest BCUT2D eigenvalue weighted by molar-refractivity contribution is 5.94. The molecular weight excluding hydrogens is 444 g/mol. The van der Waals surface area contributed by atoms with Gasteiger partial charge in [0.2, 0.25) is 6.79 Å². The summed E-state index contributed by atoms with van der Waals surface area (Å²) >= 11 is 0. The second-order valence-electron chi connectivity index (χ2n) is 8.58. The Hall–Kier alpha value is -4.26. The number of carbonyl (C=O) groups excluding carboxylic acids is 1. The van der Waals surface area contributed by atoms with Crippen LogP contribution in [-0.2, 0) is 13.1 Å². The number of rotatable bonds is 7. The monoisotopic (exact) mass is 470 g/mol. The van der Waals surface area contributed by atoms with Crippen molar-refractivity contribution in [3.8, 4) is 28.6 Å². The van der Waals surface area contributed by atoms with Crippen LogP contribution in [0.3, 0.4) is 0 Å². The maximum atomic E-state index is 13.6. The highest BCUT2D eigenvalue weighted by Gasteiger charge is 2.21. The number of hydrogen-bond acceptors (Lipinski definition) is 6. The molecule has 3 aromatic carbocycles. The minimum absolute atomic E-state index is 0.141. The van der Waals surface area contributed by atoms with Crippen molar-refractivity contribution in [2.45, 2.75) is 26.9 Å². The van der Waals surface area contributed by atoms with E-state index in [1.54, 1.807) is 30.2 Å². The number of amides is 1. The van der Waals surface area contributed by atoms with E-state index in [0.717, 1.165) is 16.7 Å². The van der Waals surface area contributed by atoms with Gasteiger partial charge in [-0.2, -0.15) is 0 Å². The van der Waals surface area contributed by atoms with E-state index < -0.39 is 0 Å². The van der Waals surface area contributed by atoms with Crippen LogP contribution in [0.15, 0.2) is 71.3 Å². The summed E-state index contributed by atoms with van der Waals surface area (Å²) in [6.07, 6.45) is 0. The fraction of sp³-hybridized carbons (Fsp3) is 0.214. The van der Waals surface area contributed by atoms with E-state index in [9.17, 15) is 4.79 Å². The Morgan fingerprint density at radius 2 is 1.83 bits per heavy atom. The number of ether oxygens (including phenoxy) is 3. The minimum Gasteiger partial charge on any atom is -0.497 e. The highest BCUT2D eigenvalue weighted by atomic mass is 16.7. The zero-order valence-electron chi connectivity index (χ0n) is 19.9. The molecule has 2 heterocycles. The van der Waals surface area contributed by atoms with Crippen LogP contribution in [0, 0.1) is 13.8 Å². The maximum absolute atomic E-state index is 13.6. The van der Waals surface area contributed by atoms with Gasteiger partial charge in [0, 0.05) is 23.7 Å². The SMILES string of the molecule is COc1cccc(C(=O)N(Cc2ccc3c(c2)OCO3)Cc2cc(-c3ccc(C)cc3C)on2)c1. The first-order chi connectivity index (χ1) is 17.0. The molecule has 0 saturated carbocycles. The topological polar surface area (TPSA) is 74.0 Å². The molecule has 0 N–H and O–H groups in total. The molecule has 0 fully saturated rings. The van der Waals surface area contributed by atoms with Crippen LogP contribution in [-0.4, -0.2) is 29.9 Å². The van der Waals surface area contributed by atoms with E-state index in [2.05, 4.69) is 18.1 Å². The summed E-state index contributed by atoms with van der Waals surface area (Å²) in [6, 6.07) is 20.9. The summed E-state index contributed by atoms with van der Waals surface area (Å²) in [4.78, 5) is 15.3. The van der Waals surface area contributed by atoms with Gasteiger partial charge in [-0.3, -0.25) is 4.79 Å². The number of carbonyl (C=O) groups is 1. The number of aromatic nitrogens is 1. The zero-order chi connectivity index (χ0) is 24.4. The number of aryl methyl sites for hydroxylation is 2. The Morgan fingerprint density at radius 1 is 0.971 bits per heavy atom. The summed E-state index contributed by atoms with van der Waals surface area (Å²) in [6.45, 7) is 4.94. The lowest BCUT2D eigenvalue weighted by atomic mass is 10.0. The average molecular weight is 471 g/mol. The Labute approximate surface area is 203 Å². The number of fused-ring (bicyclic) bond motifs is 1. The highest BCUT2D eigenvalue weighted by Crippen LogP contribution is 2.33. The first-order valence-corrected chi connectivity index (χ1v) is 11.4. The van der Waals surface area contributed by atoms with Crippen LogP contribution in [0.25, 0.3) is 11.3 Å². The van der Waals surface area contributed by atoms with Gasteiger partial charge >= 0.3 is 0 Å². The third kappa shape index (κ3) is 4.84. The molecule has 1 aliphatic heterocycles. The maximum Gasteiger partial charge on any atom is 0.254 e. The van der Waals surface area contributed by atoms with Crippen molar-refractivity contribution in [1.82, 2.24) is 10.1 Å². The van der Waals surface area contributed by atoms with E-state index in [-0.39, 0.29) is 19.2 Å². The lowest BCUT2D eigenvalue weighted by molar-refractivity contribution is 0.0725. The fourth-order valence-electron chi connectivity index (χ4n) is 4.20. The van der Waals surface area contributed by atoms with Gasteiger partial charge in [0.25, 0.3) is 5.91 Å². The predicted molar refractivity (Wildman–Crippen MR) is 131 cm³/mol. The quantitative estimate of drug-likeness (QED) is 0.353. The van der Waals surface area contributed by atoms with Crippen molar-refractivity contribution < 1.29 is 23.5 Å². The first-order valence-electron chi connectivity index (χ1n) is 11.4. The van der Waals surface area contributed by atoms with Gasteiger partial charge in [0.05, 0.1) is 13.7 Å². The van der Waals surface area contributed by atoms with Gasteiger partial charge in [0.15, 0.2) is 17.3 Å². The lowest BCUT2D eigenvalue weighted by Crippen LogP contribution is -2.30. The van der Waals surface area contributed by atoms with Crippen molar-refractivity contribution in [2.75, 3.05) is 13.9 Å². The summed E-state index contributed by atoms with van der Waals surface area (Å²) in [5.74, 6) is 2.54. The molecule has 1 amide bonds. The third-order valence-corrected chi connectivity index (χ3v) is 5.97. The van der Waals surface area contributed by atoms with Gasteiger partial charge in [-0.15, -0.1) is 0 Å². The minimum atomic E-state index is -0.141. The molecule has 7 heteroatoms. The molecule has 1 aromatic heterocycles. The van der Waals surface area contributed by atoms with Crippen molar-refractivity contribution >= 4 is 5.91 Å². The molecule has 5 rings (SSSR count). The summed E-state index contributed by atoms with van der Waals surface area (Å²) in [5.41, 5.74) is 5.39. The third-order valence-electron chi connectivity index (χ3n) is 5.97. The van der Waals surface area contributed by atoms with Crippen molar-refractivity contribution in [1.29, 1.82) is 0 Å². The molecule has 0 saturated heterocycles. The molecule has 1 aliphatic rings. The number of benzene rings is 3. The largest absolute Gasteiger partial charge is 0.497 e. The van der Waals surface area contributed by atoms with Crippen molar-refractivity contribution in [3.05, 3.63) is 94.7 Å². The molecule has 4 aromatic rings. The number of hydrogen-bond donors (Lipinski definition) is 0. The Balaban J connectivity index is 1.44. The Kier molecular flexibility index (Phi) is 6.14. The van der Waals surface area contributed by atoms with E-state index in [0.29, 0.717) is 40.8 Å². The summed E-state index contributed by atoms with van der Waals surface area (Å²) in [7, 11) is 1.58. The molecule has 0 radical (unpaired) electrons.